The van der Waals surface area contributed by atoms with E-state index in [4.69, 9.17) is 4.74 Å². The maximum Gasteiger partial charge on any atom is 0.416 e. The lowest BCUT2D eigenvalue weighted by Crippen LogP contribution is -2.47. The second kappa shape index (κ2) is 15.4. The molecule has 2 aliphatic heterocycles. The van der Waals surface area contributed by atoms with Gasteiger partial charge >= 0.3 is 12.1 Å². The van der Waals surface area contributed by atoms with Crippen LogP contribution in [-0.2, 0) is 22.3 Å². The number of piperazine rings is 1. The van der Waals surface area contributed by atoms with Gasteiger partial charge < -0.3 is 9.64 Å². The van der Waals surface area contributed by atoms with Crippen LogP contribution in [0, 0.1) is 5.92 Å². The fraction of sp³-hybridized carbons (Fsp3) is 0.531. The molecular weight excluding hydrogens is 699 g/mol. The van der Waals surface area contributed by atoms with E-state index in [1.165, 1.54) is 17.5 Å². The van der Waals surface area contributed by atoms with E-state index in [0.717, 1.165) is 49.5 Å². The lowest BCUT2D eigenvalue weighted by Gasteiger charge is -2.35. The number of esters is 1. The highest BCUT2D eigenvalue weighted by Gasteiger charge is 2.33. The number of aromatic nitrogens is 3. The van der Waals surface area contributed by atoms with Crippen LogP contribution < -0.4 is 10.2 Å². The van der Waals surface area contributed by atoms with Crippen LogP contribution >= 0.6 is 27.3 Å². The van der Waals surface area contributed by atoms with Crippen LogP contribution in [0.2, 0.25) is 0 Å². The summed E-state index contributed by atoms with van der Waals surface area (Å²) in [6, 6.07) is 4.12. The highest BCUT2D eigenvalue weighted by molar-refractivity contribution is 9.10. The highest BCUT2D eigenvalue weighted by atomic mass is 79.9. The van der Waals surface area contributed by atoms with Crippen molar-refractivity contribution in [1.82, 2.24) is 24.8 Å². The molecule has 1 amide bonds. The molecule has 0 spiro atoms. The van der Waals surface area contributed by atoms with Crippen molar-refractivity contribution in [2.75, 3.05) is 56.1 Å². The summed E-state index contributed by atoms with van der Waals surface area (Å²) in [6.07, 6.45) is 0.912. The molecule has 1 atom stereocenters. The van der Waals surface area contributed by atoms with Crippen LogP contribution in [0.5, 0.6) is 0 Å². The Morgan fingerprint density at radius 2 is 1.87 bits per heavy atom. The molecule has 15 heteroatoms. The van der Waals surface area contributed by atoms with Crippen molar-refractivity contribution < 1.29 is 27.5 Å². The Morgan fingerprint density at radius 3 is 2.53 bits per heavy atom. The fourth-order valence-electron chi connectivity index (χ4n) is 6.06. The molecule has 1 N–H and O–H groups in total. The van der Waals surface area contributed by atoms with Gasteiger partial charge in [0.2, 0.25) is 0 Å². The third-order valence-electron chi connectivity index (χ3n) is 8.45. The smallest absolute Gasteiger partial charge is 0.416 e. The molecule has 0 aliphatic carbocycles. The maximum atomic E-state index is 13.7. The van der Waals surface area contributed by atoms with Crippen molar-refractivity contribution in [3.05, 3.63) is 51.2 Å². The van der Waals surface area contributed by atoms with Gasteiger partial charge in [0.25, 0.3) is 5.91 Å². The van der Waals surface area contributed by atoms with Gasteiger partial charge in [0.15, 0.2) is 5.13 Å². The van der Waals surface area contributed by atoms with E-state index >= 15 is 0 Å². The van der Waals surface area contributed by atoms with Crippen molar-refractivity contribution in [1.29, 1.82) is 0 Å². The Hall–Kier alpha value is -3.14. The number of carbonyl (C=O) groups excluding carboxylic acids is 2. The Morgan fingerprint density at radius 1 is 1.11 bits per heavy atom. The summed E-state index contributed by atoms with van der Waals surface area (Å²) in [5, 5.41) is 3.08. The Labute approximate surface area is 284 Å². The SMILES string of the molecule is CCOC(=O)CCN1CCN(c2cnc(C(=O)Nc3nc(-c4cc(Br)cc(C(F)(F)F)c4)c(CN4CCC[C@H]4C(C)C)s3)cn2)CC1. The minimum Gasteiger partial charge on any atom is -0.466 e. The monoisotopic (exact) mass is 737 g/mol. The molecule has 2 aliphatic rings. The molecule has 3 aromatic rings. The third-order valence-corrected chi connectivity index (χ3v) is 9.86. The zero-order chi connectivity index (χ0) is 33.7. The van der Waals surface area contributed by atoms with Crippen LogP contribution in [0.15, 0.2) is 35.1 Å². The summed E-state index contributed by atoms with van der Waals surface area (Å²) < 4.78 is 46.4. The average molecular weight is 739 g/mol. The Balaban J connectivity index is 1.29. The van der Waals surface area contributed by atoms with Gasteiger partial charge in [0.1, 0.15) is 11.5 Å². The summed E-state index contributed by atoms with van der Waals surface area (Å²) in [6.45, 7) is 11.5. The molecule has 4 heterocycles. The standard InChI is InChI=1S/C32H39BrF3N7O3S/c1-4-46-28(44)7-9-41-10-12-42(13-11-41)27-18-37-24(17-38-27)30(45)40-31-39-29(21-14-22(32(34,35)36)16-23(33)15-21)26(47-31)19-43-8-5-6-25(43)20(2)3/h14-18,20,25H,4-13,19H2,1-3H3,(H,39,40,45)/t25-/m0/s1. The maximum absolute atomic E-state index is 13.7. The molecule has 47 heavy (non-hydrogen) atoms. The first-order valence-corrected chi connectivity index (χ1v) is 17.4. The topological polar surface area (TPSA) is 104 Å². The van der Waals surface area contributed by atoms with E-state index in [1.807, 2.05) is 0 Å². The minimum atomic E-state index is -4.52. The zero-order valence-corrected chi connectivity index (χ0v) is 29.1. The number of hydrogen-bond acceptors (Lipinski definition) is 10. The van der Waals surface area contributed by atoms with Gasteiger partial charge in [-0.05, 0) is 50.4 Å². The van der Waals surface area contributed by atoms with Gasteiger partial charge in [-0.2, -0.15) is 13.2 Å². The van der Waals surface area contributed by atoms with Crippen LogP contribution in [0.3, 0.4) is 0 Å². The predicted octanol–water partition coefficient (Wildman–Crippen LogP) is 6.33. The quantitative estimate of drug-likeness (QED) is 0.226. The number of ether oxygens (including phenoxy) is 1. The molecule has 10 nitrogen and oxygen atoms in total. The van der Waals surface area contributed by atoms with Crippen molar-refractivity contribution >= 4 is 50.1 Å². The van der Waals surface area contributed by atoms with E-state index in [-0.39, 0.29) is 16.8 Å². The van der Waals surface area contributed by atoms with E-state index < -0.39 is 17.6 Å². The molecule has 254 valence electrons. The fourth-order valence-corrected chi connectivity index (χ4v) is 7.56. The van der Waals surface area contributed by atoms with Gasteiger partial charge in [-0.3, -0.25) is 24.7 Å². The number of hydrogen-bond donors (Lipinski definition) is 1. The summed E-state index contributed by atoms with van der Waals surface area (Å²) >= 11 is 4.49. The Bertz CT molecular complexity index is 1550. The summed E-state index contributed by atoms with van der Waals surface area (Å²) in [5.74, 6) is 0.365. The third kappa shape index (κ3) is 9.06. The number of amides is 1. The number of nitrogens with one attached hydrogen (secondary N) is 1. The van der Waals surface area contributed by atoms with Gasteiger partial charge in [-0.1, -0.05) is 41.1 Å². The molecule has 0 bridgehead atoms. The minimum absolute atomic E-state index is 0.0985. The Kier molecular flexibility index (Phi) is 11.5. The molecule has 0 unspecified atom stereocenters. The van der Waals surface area contributed by atoms with Crippen molar-refractivity contribution in [3.63, 3.8) is 0 Å². The molecule has 2 fully saturated rings. The first kappa shape index (κ1) is 35.2. The summed E-state index contributed by atoms with van der Waals surface area (Å²) in [7, 11) is 0. The largest absolute Gasteiger partial charge is 0.466 e. The number of carbonyl (C=O) groups is 2. The molecule has 2 saturated heterocycles. The first-order valence-electron chi connectivity index (χ1n) is 15.8. The molecule has 0 radical (unpaired) electrons. The van der Waals surface area contributed by atoms with Gasteiger partial charge in [0.05, 0.1) is 36.7 Å². The molecule has 5 rings (SSSR count). The number of thiazole rings is 1. The van der Waals surface area contributed by atoms with Crippen LogP contribution in [-0.4, -0.2) is 88.5 Å². The second-order valence-electron chi connectivity index (χ2n) is 12.0. The van der Waals surface area contributed by atoms with Crippen LogP contribution in [0.25, 0.3) is 11.3 Å². The molecular formula is C32H39BrF3N7O3S. The predicted molar refractivity (Wildman–Crippen MR) is 178 cm³/mol. The van der Waals surface area contributed by atoms with Crippen LogP contribution in [0.1, 0.15) is 61.0 Å². The normalized spacial score (nSPS) is 17.8. The van der Waals surface area contributed by atoms with E-state index in [0.29, 0.717) is 72.7 Å². The number of nitrogens with zero attached hydrogens (tertiary/aromatic N) is 6. The lowest BCUT2D eigenvalue weighted by atomic mass is 10.0. The van der Waals surface area contributed by atoms with Crippen molar-refractivity contribution in [2.45, 2.75) is 58.8 Å². The van der Waals surface area contributed by atoms with E-state index in [1.54, 1.807) is 19.2 Å². The van der Waals surface area contributed by atoms with Gasteiger partial charge in [-0.15, -0.1) is 0 Å². The number of likely N-dealkylation sites (tertiary alicyclic amines) is 1. The van der Waals surface area contributed by atoms with Gasteiger partial charge in [0, 0.05) is 60.2 Å². The van der Waals surface area contributed by atoms with Crippen molar-refractivity contribution in [3.8, 4) is 11.3 Å². The highest BCUT2D eigenvalue weighted by Crippen LogP contribution is 2.39. The summed E-state index contributed by atoms with van der Waals surface area (Å²) in [5.41, 5.74) is 0.0562. The second-order valence-corrected chi connectivity index (χ2v) is 14.0. The van der Waals surface area contributed by atoms with E-state index in [2.05, 4.69) is 64.7 Å². The number of rotatable bonds is 11. The van der Waals surface area contributed by atoms with Gasteiger partial charge in [-0.25, -0.2) is 15.0 Å². The average Bonchev–Trinajstić information content (AvgIpc) is 3.67. The lowest BCUT2D eigenvalue weighted by molar-refractivity contribution is -0.143. The number of anilines is 2. The van der Waals surface area contributed by atoms with Crippen molar-refractivity contribution in [2.24, 2.45) is 5.92 Å². The zero-order valence-electron chi connectivity index (χ0n) is 26.6. The number of halogens is 4. The first-order chi connectivity index (χ1) is 22.4. The molecule has 0 saturated carbocycles. The number of alkyl halides is 3. The molecule has 1 aromatic carbocycles. The molecule has 2 aromatic heterocycles. The van der Waals surface area contributed by atoms with Crippen LogP contribution in [0.4, 0.5) is 24.1 Å². The number of benzene rings is 1. The summed E-state index contributed by atoms with van der Waals surface area (Å²) in [4.78, 5) is 45.7. The van der Waals surface area contributed by atoms with E-state index in [9.17, 15) is 22.8 Å².